The van der Waals surface area contributed by atoms with E-state index in [1.165, 1.54) is 10.8 Å². The molecule has 0 aromatic carbocycles. The molecule has 2 saturated heterocycles. The second-order valence-corrected chi connectivity index (χ2v) is 9.05. The molecule has 28 heavy (non-hydrogen) atoms. The Balaban J connectivity index is 0.00000280. The number of nitrogens with two attached hydrogens (primary N) is 1. The van der Waals surface area contributed by atoms with Gasteiger partial charge < -0.3 is 39.4 Å². The number of anilines is 1. The fourth-order valence-electron chi connectivity index (χ4n) is 3.22. The predicted octanol–water partition coefficient (Wildman–Crippen LogP) is -4.83. The van der Waals surface area contributed by atoms with Crippen LogP contribution in [0.2, 0.25) is 0 Å². The summed E-state index contributed by atoms with van der Waals surface area (Å²) < 4.78 is 23.2. The smallest absolute Gasteiger partial charge is 0.780 e. The maximum Gasteiger partial charge on any atom is 1.00 e. The Kier molecular flexibility index (Phi) is 8.22. The van der Waals surface area contributed by atoms with Crippen LogP contribution in [0.3, 0.4) is 0 Å². The van der Waals surface area contributed by atoms with E-state index in [1.807, 2.05) is 0 Å². The third-order valence-corrected chi connectivity index (χ3v) is 6.15. The summed E-state index contributed by atoms with van der Waals surface area (Å²) in [7, 11) is 0. The van der Waals surface area contributed by atoms with Gasteiger partial charge in [-0.1, -0.05) is 11.8 Å². The number of fused-ring (bicyclic) bond motifs is 2. The predicted molar refractivity (Wildman–Crippen MR) is 94.1 cm³/mol. The average molecular weight is 445 g/mol. The van der Waals surface area contributed by atoms with Crippen LogP contribution in [0.15, 0.2) is 11.0 Å². The van der Waals surface area contributed by atoms with Crippen molar-refractivity contribution in [3.8, 4) is 0 Å². The van der Waals surface area contributed by atoms with Crippen LogP contribution in [0.4, 0.5) is 5.82 Å². The van der Waals surface area contributed by atoms with E-state index in [4.69, 9.17) is 41.2 Å². The van der Waals surface area contributed by atoms with Gasteiger partial charge in [0.25, 0.3) is 0 Å². The van der Waals surface area contributed by atoms with Crippen molar-refractivity contribution in [2.24, 2.45) is 0 Å². The monoisotopic (exact) mass is 445 g/mol. The molecule has 3 rings (SSSR count). The Bertz CT molecular complexity index is 813. The molecule has 14 heteroatoms. The third kappa shape index (κ3) is 4.69. The number of aliphatic hydroxyl groups is 2. The van der Waals surface area contributed by atoms with E-state index in [0.717, 1.165) is 0 Å². The van der Waals surface area contributed by atoms with E-state index >= 15 is 0 Å². The van der Waals surface area contributed by atoms with Crippen molar-refractivity contribution in [2.45, 2.75) is 37.4 Å². The molecule has 2 aliphatic rings. The number of hydrogen-bond acceptors (Lipinski definition) is 11. The number of nitrogens with zero attached hydrogens (tertiary/aromatic N) is 2. The minimum absolute atomic E-state index is 0. The molecule has 11 nitrogen and oxygen atoms in total. The molecule has 2 bridgehead atoms. The topological polar surface area (TPSA) is 161 Å². The first-order valence-electron chi connectivity index (χ1n) is 8.23. The number of aliphatic hydroxyl groups excluding tert-OH is 2. The van der Waals surface area contributed by atoms with Gasteiger partial charge in [-0.25, -0.2) is 4.79 Å². The molecule has 0 radical (unpaired) electrons. The van der Waals surface area contributed by atoms with Gasteiger partial charge in [0.2, 0.25) is 0 Å². The normalized spacial score (nSPS) is 31.2. The van der Waals surface area contributed by atoms with Crippen LogP contribution in [-0.4, -0.2) is 64.0 Å². The molecule has 5 atom stereocenters. The number of rotatable bonds is 7. The van der Waals surface area contributed by atoms with E-state index in [9.17, 15) is 14.8 Å². The maximum atomic E-state index is 12.4. The van der Waals surface area contributed by atoms with Gasteiger partial charge in [-0.3, -0.25) is 4.57 Å². The molecular formula is C14H21N3NaO8PS. The van der Waals surface area contributed by atoms with Crippen molar-refractivity contribution in [1.82, 2.24) is 9.55 Å². The summed E-state index contributed by atoms with van der Waals surface area (Å²) in [6, 6.07) is 0. The molecule has 1 unspecified atom stereocenters. The molecule has 0 spiro atoms. The standard InChI is InChI=1S/C14H22N3O8PS.Na/c1-8-6-17(13(20)16-11(8)15)12-9-10(25-26(21,27)23-5-3-18)14(7-19,24-12)2-4-22-9;/h6,9-10,12,18-19H,2-5,7H2,1H3,(H,21,27)(H2,15,16,20);/q;+1/p-1/t9-,10+,12-,14-,26?;/m1./s1. The second-order valence-electron chi connectivity index (χ2n) is 6.35. The Labute approximate surface area is 188 Å². The van der Waals surface area contributed by atoms with Crippen molar-refractivity contribution in [3.63, 3.8) is 0 Å². The van der Waals surface area contributed by atoms with Crippen LogP contribution in [-0.2, 0) is 30.3 Å². The van der Waals surface area contributed by atoms with Crippen LogP contribution in [0, 0.1) is 6.92 Å². The molecule has 1 aromatic rings. The van der Waals surface area contributed by atoms with E-state index in [1.54, 1.807) is 6.92 Å². The summed E-state index contributed by atoms with van der Waals surface area (Å²) in [4.78, 5) is 28.4. The Morgan fingerprint density at radius 3 is 2.93 bits per heavy atom. The average Bonchev–Trinajstić information content (AvgIpc) is 2.78. The summed E-state index contributed by atoms with van der Waals surface area (Å²) in [6.07, 6.45) is -1.23. The fraction of sp³-hybridized carbons (Fsp3) is 0.714. The Hall–Kier alpha value is 0.0500. The molecule has 0 amide bonds. The number of nitrogen functional groups attached to an aromatic ring is 1. The maximum absolute atomic E-state index is 12.4. The Morgan fingerprint density at radius 1 is 1.57 bits per heavy atom. The zero-order valence-electron chi connectivity index (χ0n) is 15.5. The van der Waals surface area contributed by atoms with Gasteiger partial charge in [-0.15, -0.1) is 0 Å². The van der Waals surface area contributed by atoms with Crippen molar-refractivity contribution >= 4 is 24.3 Å². The summed E-state index contributed by atoms with van der Waals surface area (Å²) in [6.45, 7) is -3.20. The molecule has 0 saturated carbocycles. The largest absolute Gasteiger partial charge is 1.00 e. The number of ether oxygens (including phenoxy) is 2. The first kappa shape index (κ1) is 24.3. The minimum Gasteiger partial charge on any atom is -0.780 e. The number of aryl methyl sites for hydroxylation is 1. The van der Waals surface area contributed by atoms with Crippen molar-refractivity contribution < 1.29 is 63.2 Å². The quantitative estimate of drug-likeness (QED) is 0.273. The van der Waals surface area contributed by atoms with Crippen LogP contribution >= 0.6 is 6.72 Å². The van der Waals surface area contributed by atoms with Crippen molar-refractivity contribution in [2.75, 3.05) is 32.2 Å². The summed E-state index contributed by atoms with van der Waals surface area (Å²) in [5, 5.41) is 18.8. The SMILES string of the molecule is Cc1cn([C@@H]2O[C@@]3(CO)CCO[C@@H]2[C@@H]3OP([O-])(=S)OCCO)c(=O)nc1N.[Na+]. The zero-order chi connectivity index (χ0) is 19.8. The molecule has 4 N–H and O–H groups in total. The van der Waals surface area contributed by atoms with Crippen LogP contribution < -0.4 is 45.9 Å². The van der Waals surface area contributed by atoms with Crippen molar-refractivity contribution in [3.05, 3.63) is 22.2 Å². The van der Waals surface area contributed by atoms with E-state index in [-0.39, 0.29) is 61.6 Å². The first-order valence-corrected chi connectivity index (χ1v) is 10.8. The van der Waals surface area contributed by atoms with Crippen LogP contribution in [0.1, 0.15) is 18.2 Å². The van der Waals surface area contributed by atoms with Crippen molar-refractivity contribution in [1.29, 1.82) is 0 Å². The van der Waals surface area contributed by atoms with E-state index < -0.39 is 43.1 Å². The fourth-order valence-corrected chi connectivity index (χ4v) is 4.68. The van der Waals surface area contributed by atoms with Crippen LogP contribution in [0.25, 0.3) is 0 Å². The third-order valence-electron chi connectivity index (χ3n) is 4.59. The van der Waals surface area contributed by atoms with Gasteiger partial charge in [-0.2, -0.15) is 4.98 Å². The second kappa shape index (κ2) is 9.46. The molecule has 0 aliphatic carbocycles. The molecular weight excluding hydrogens is 424 g/mol. The zero-order valence-corrected chi connectivity index (χ0v) is 19.2. The van der Waals surface area contributed by atoms with Gasteiger partial charge >= 0.3 is 35.2 Å². The summed E-state index contributed by atoms with van der Waals surface area (Å²) >= 11 is 4.85. The van der Waals surface area contributed by atoms with Gasteiger partial charge in [0.15, 0.2) is 6.23 Å². The van der Waals surface area contributed by atoms with Gasteiger partial charge in [0.1, 0.15) is 30.3 Å². The number of hydrogen-bond donors (Lipinski definition) is 3. The van der Waals surface area contributed by atoms with Crippen LogP contribution in [0.5, 0.6) is 0 Å². The van der Waals surface area contributed by atoms with Gasteiger partial charge in [-0.05, 0) is 6.92 Å². The van der Waals surface area contributed by atoms with Gasteiger partial charge in [0.05, 0.1) is 26.4 Å². The summed E-state index contributed by atoms with van der Waals surface area (Å²) in [5.41, 5.74) is 4.27. The molecule has 2 fully saturated rings. The first-order chi connectivity index (χ1) is 12.7. The molecule has 2 aliphatic heterocycles. The van der Waals surface area contributed by atoms with E-state index in [2.05, 4.69) is 4.98 Å². The minimum atomic E-state index is -3.99. The van der Waals surface area contributed by atoms with E-state index in [0.29, 0.717) is 5.56 Å². The molecule has 1 aromatic heterocycles. The molecule has 152 valence electrons. The molecule has 3 heterocycles. The van der Waals surface area contributed by atoms with Gasteiger partial charge in [0, 0.05) is 18.2 Å². The Morgan fingerprint density at radius 2 is 2.29 bits per heavy atom. The number of aromatic nitrogens is 2. The summed E-state index contributed by atoms with van der Waals surface area (Å²) in [5.74, 6) is 0.0928.